The molecule has 1 aromatic carbocycles. The number of rotatable bonds is 19. The van der Waals surface area contributed by atoms with Crippen LogP contribution in [0.25, 0.3) is 0 Å². The van der Waals surface area contributed by atoms with Crippen LogP contribution in [0.3, 0.4) is 0 Å². The van der Waals surface area contributed by atoms with Crippen LogP contribution in [-0.4, -0.2) is 73.3 Å². The molecule has 0 fully saturated rings. The molecule has 1 unspecified atom stereocenters. The zero-order chi connectivity index (χ0) is 31.8. The number of nitrogens with zero attached hydrogens (tertiary/aromatic N) is 3. The Bertz CT molecular complexity index is 1430. The Morgan fingerprint density at radius 2 is 1.26 bits per heavy atom. The molecular weight excluding hydrogens is 590 g/mol. The molecule has 3 N–H and O–H groups in total. The van der Waals surface area contributed by atoms with Crippen molar-refractivity contribution in [3.8, 4) is 0 Å². The Kier molecular flexibility index (Phi) is 14.5. The fourth-order valence-electron chi connectivity index (χ4n) is 3.56. The summed E-state index contributed by atoms with van der Waals surface area (Å²) in [5, 5.41) is 3.09. The molecular formula is C26H33N5O11S. The summed E-state index contributed by atoms with van der Waals surface area (Å²) in [6.45, 7) is 5.16. The van der Waals surface area contributed by atoms with E-state index in [0.717, 1.165) is 17.7 Å². The molecule has 16 nitrogen and oxygen atoms in total. The average molecular weight is 624 g/mol. The first-order valence-corrected chi connectivity index (χ1v) is 14.0. The van der Waals surface area contributed by atoms with Crippen LogP contribution in [0, 0.1) is 0 Å². The van der Waals surface area contributed by atoms with Gasteiger partial charge in [0.2, 0.25) is 0 Å². The summed E-state index contributed by atoms with van der Waals surface area (Å²) >= 11 is -2.15. The van der Waals surface area contributed by atoms with E-state index in [9.17, 15) is 33.0 Å². The number of hydrogen-bond donors (Lipinski definition) is 3. The van der Waals surface area contributed by atoms with E-state index in [-0.39, 0.29) is 45.9 Å². The lowest BCUT2D eigenvalue weighted by Crippen LogP contribution is -2.55. The maximum Gasteiger partial charge on any atom is 0.336 e. The van der Waals surface area contributed by atoms with Gasteiger partial charge in [0.15, 0.2) is 0 Å². The number of anilines is 1. The quantitative estimate of drug-likeness (QED) is 0.0563. The topological polar surface area (TPSA) is 206 Å². The fourth-order valence-corrected chi connectivity index (χ4v) is 3.90. The number of esters is 3. The molecule has 0 radical (unpaired) electrons. The Balaban J connectivity index is 1.94. The molecule has 0 aliphatic heterocycles. The third kappa shape index (κ3) is 11.7. The van der Waals surface area contributed by atoms with Crippen LogP contribution in [0.4, 0.5) is 5.69 Å². The highest BCUT2D eigenvalue weighted by atomic mass is 32.2. The molecule has 0 saturated heterocycles. The van der Waals surface area contributed by atoms with Gasteiger partial charge in [-0.3, -0.25) is 14.1 Å². The smallest absolute Gasteiger partial charge is 0.336 e. The van der Waals surface area contributed by atoms with Gasteiger partial charge in [-0.15, -0.1) is 0 Å². The summed E-state index contributed by atoms with van der Waals surface area (Å²) in [4.78, 5) is 73.5. The van der Waals surface area contributed by atoms with E-state index in [4.69, 9.17) is 18.8 Å². The van der Waals surface area contributed by atoms with Crippen molar-refractivity contribution < 1.29 is 37.4 Å². The summed E-state index contributed by atoms with van der Waals surface area (Å²) in [5.41, 5.74) is -1.54. The van der Waals surface area contributed by atoms with E-state index in [2.05, 4.69) is 23.2 Å². The van der Waals surface area contributed by atoms with Crippen molar-refractivity contribution >= 4 is 34.9 Å². The van der Waals surface area contributed by atoms with E-state index in [0.29, 0.717) is 38.9 Å². The molecule has 1 aromatic heterocycles. The number of aromatic nitrogens is 3. The van der Waals surface area contributed by atoms with E-state index in [1.807, 2.05) is 0 Å². The number of benzene rings is 1. The van der Waals surface area contributed by atoms with Gasteiger partial charge in [0.25, 0.3) is 11.3 Å². The Hall–Kier alpha value is -4.61. The molecule has 2 aromatic rings. The average Bonchev–Trinajstić information content (AvgIpc) is 2.98. The van der Waals surface area contributed by atoms with Crippen molar-refractivity contribution in [1.29, 1.82) is 0 Å². The maximum atomic E-state index is 12.9. The van der Waals surface area contributed by atoms with Crippen molar-refractivity contribution in [3.63, 3.8) is 0 Å². The lowest BCUT2D eigenvalue weighted by atomic mass is 10.1. The predicted octanol–water partition coefficient (Wildman–Crippen LogP) is -1.06. The van der Waals surface area contributed by atoms with Crippen LogP contribution < -0.4 is 27.1 Å². The summed E-state index contributed by atoms with van der Waals surface area (Å²) in [6.07, 6.45) is 2.46. The van der Waals surface area contributed by atoms with Crippen LogP contribution in [0.2, 0.25) is 0 Å². The van der Waals surface area contributed by atoms with Gasteiger partial charge in [-0.1, -0.05) is 25.3 Å². The number of carbonyl (C=O) groups is 3. The number of carbonyl (C=O) groups excluding carboxylic acids is 3. The highest BCUT2D eigenvalue weighted by Gasteiger charge is 2.17. The summed E-state index contributed by atoms with van der Waals surface area (Å²) in [5.74, 6) is -2.14. The van der Waals surface area contributed by atoms with Gasteiger partial charge in [-0.25, -0.2) is 41.9 Å². The van der Waals surface area contributed by atoms with Gasteiger partial charge < -0.3 is 19.5 Å². The first kappa shape index (κ1) is 34.6. The van der Waals surface area contributed by atoms with E-state index in [1.54, 1.807) is 24.3 Å². The molecule has 1 atom stereocenters. The minimum atomic E-state index is -2.15. The SMILES string of the molecule is C=CC(=O)OCCn1c(=O)n(CCOC(=O)C=C)c(=O)n(CCOC(=O)CCNCCc2ccc(NS(=O)O)cc2)c1=O. The number of nitrogens with one attached hydrogen (secondary N) is 2. The molecule has 43 heavy (non-hydrogen) atoms. The molecule has 0 saturated carbocycles. The fraction of sp³-hybridized carbons (Fsp3) is 0.385. The van der Waals surface area contributed by atoms with Gasteiger partial charge in [-0.05, 0) is 30.7 Å². The summed E-state index contributed by atoms with van der Waals surface area (Å²) in [7, 11) is 0. The molecule has 17 heteroatoms. The second-order valence-corrected chi connectivity index (χ2v) is 9.27. The van der Waals surface area contributed by atoms with Gasteiger partial charge >= 0.3 is 35.0 Å². The molecule has 234 valence electrons. The molecule has 1 heterocycles. The van der Waals surface area contributed by atoms with Gasteiger partial charge in [0.1, 0.15) is 19.8 Å². The monoisotopic (exact) mass is 623 g/mol. The first-order valence-electron chi connectivity index (χ1n) is 12.9. The zero-order valence-electron chi connectivity index (χ0n) is 23.2. The van der Waals surface area contributed by atoms with Gasteiger partial charge in [0, 0.05) is 24.4 Å². The first-order chi connectivity index (χ1) is 20.6. The van der Waals surface area contributed by atoms with Crippen molar-refractivity contribution in [3.05, 3.63) is 86.6 Å². The van der Waals surface area contributed by atoms with Crippen LogP contribution in [-0.2, 0) is 65.9 Å². The molecule has 0 spiro atoms. The second kappa shape index (κ2) is 18.0. The lowest BCUT2D eigenvalue weighted by molar-refractivity contribution is -0.144. The van der Waals surface area contributed by atoms with Gasteiger partial charge in [0.05, 0.1) is 26.1 Å². The minimum Gasteiger partial charge on any atom is -0.464 e. The lowest BCUT2D eigenvalue weighted by Gasteiger charge is -2.14. The molecule has 2 rings (SSSR count). The highest BCUT2D eigenvalue weighted by molar-refractivity contribution is 7.80. The second-order valence-electron chi connectivity index (χ2n) is 8.56. The number of hydrogen-bond acceptors (Lipinski definition) is 11. The molecule has 0 bridgehead atoms. The van der Waals surface area contributed by atoms with E-state index >= 15 is 0 Å². The Labute approximate surface area is 248 Å². The van der Waals surface area contributed by atoms with Crippen molar-refractivity contribution in [2.75, 3.05) is 37.6 Å². The van der Waals surface area contributed by atoms with Crippen LogP contribution >= 0.6 is 0 Å². The predicted molar refractivity (Wildman–Crippen MR) is 155 cm³/mol. The largest absolute Gasteiger partial charge is 0.464 e. The van der Waals surface area contributed by atoms with Crippen molar-refractivity contribution in [1.82, 2.24) is 19.0 Å². The maximum absolute atomic E-state index is 12.9. The number of ether oxygens (including phenoxy) is 3. The highest BCUT2D eigenvalue weighted by Crippen LogP contribution is 2.10. The van der Waals surface area contributed by atoms with Crippen LogP contribution in [0.1, 0.15) is 12.0 Å². The third-order valence-electron chi connectivity index (χ3n) is 5.67. The molecule has 0 amide bonds. The van der Waals surface area contributed by atoms with Crippen molar-refractivity contribution in [2.24, 2.45) is 0 Å². The van der Waals surface area contributed by atoms with E-state index < -0.39 is 46.2 Å². The Morgan fingerprint density at radius 3 is 1.70 bits per heavy atom. The third-order valence-corrected chi connectivity index (χ3v) is 6.08. The van der Waals surface area contributed by atoms with Crippen LogP contribution in [0.15, 0.2) is 64.0 Å². The molecule has 0 aliphatic rings. The van der Waals surface area contributed by atoms with Crippen LogP contribution in [0.5, 0.6) is 0 Å². The summed E-state index contributed by atoms with van der Waals surface area (Å²) in [6, 6.07) is 6.93. The van der Waals surface area contributed by atoms with E-state index in [1.165, 1.54) is 0 Å². The normalized spacial score (nSPS) is 11.3. The standard InChI is InChI=1S/C26H33N5O11S/c1-3-21(32)40-16-13-29-24(35)30(14-17-41-22(33)4-2)26(37)31(25(29)36)15-18-42-23(34)10-12-27-11-9-19-5-7-20(8-6-19)28-43(38)39/h3-8,27-28H,1-2,9-18H2,(H,38,39). The zero-order valence-corrected chi connectivity index (χ0v) is 24.0. The van der Waals surface area contributed by atoms with Gasteiger partial charge in [-0.2, -0.15) is 0 Å². The minimum absolute atomic E-state index is 0.00709. The van der Waals surface area contributed by atoms with Crippen molar-refractivity contribution in [2.45, 2.75) is 32.5 Å². The molecule has 0 aliphatic carbocycles. The Morgan fingerprint density at radius 1 is 0.791 bits per heavy atom. The summed E-state index contributed by atoms with van der Waals surface area (Å²) < 4.78 is 38.8.